The maximum absolute atomic E-state index is 13.7. The number of fused-ring (bicyclic) bond motifs is 1. The van der Waals surface area contributed by atoms with E-state index < -0.39 is 50.4 Å². The van der Waals surface area contributed by atoms with Crippen molar-refractivity contribution in [3.05, 3.63) is 87.9 Å². The molecule has 3 N–H and O–H groups in total. The molecule has 0 spiro atoms. The van der Waals surface area contributed by atoms with Crippen LogP contribution in [0.25, 0.3) is 12.2 Å². The predicted molar refractivity (Wildman–Crippen MR) is 144 cm³/mol. The highest BCUT2D eigenvalue weighted by Crippen LogP contribution is 2.41. The van der Waals surface area contributed by atoms with Gasteiger partial charge in [-0.3, -0.25) is 14.5 Å². The van der Waals surface area contributed by atoms with Crippen molar-refractivity contribution in [2.24, 2.45) is 5.84 Å². The lowest BCUT2D eigenvalue weighted by molar-refractivity contribution is -0.138. The van der Waals surface area contributed by atoms with Gasteiger partial charge in [0.1, 0.15) is 11.9 Å². The molecule has 15 heteroatoms. The fourth-order valence-corrected chi connectivity index (χ4v) is 6.05. The number of nitrogens with zero attached hydrogens (tertiary/aromatic N) is 1. The first-order valence-corrected chi connectivity index (χ1v) is 14.0. The van der Waals surface area contributed by atoms with E-state index in [1.54, 1.807) is 0 Å². The number of hydrogen-bond acceptors (Lipinski definition) is 5. The molecule has 0 fully saturated rings. The van der Waals surface area contributed by atoms with Crippen molar-refractivity contribution in [3.8, 4) is 5.75 Å². The topological polar surface area (TPSA) is 102 Å². The highest BCUT2D eigenvalue weighted by atomic mass is 35.5. The van der Waals surface area contributed by atoms with Gasteiger partial charge in [-0.25, -0.2) is 14.3 Å². The van der Waals surface area contributed by atoms with Crippen LogP contribution < -0.4 is 20.3 Å². The Morgan fingerprint density at radius 2 is 1.74 bits per heavy atom. The molecular weight excluding hydrogens is 612 g/mol. The van der Waals surface area contributed by atoms with Crippen LogP contribution in [0, 0.1) is 0 Å². The van der Waals surface area contributed by atoms with Gasteiger partial charge in [-0.2, -0.15) is 26.3 Å². The van der Waals surface area contributed by atoms with E-state index in [1.807, 2.05) is 5.43 Å². The molecule has 7 nitrogen and oxygen atoms in total. The molecule has 3 aromatic carbocycles. The minimum absolute atomic E-state index is 0.0193. The molecule has 1 atom stereocenters. The fraction of sp³-hybridized carbons (Fsp3) is 0.222. The molecule has 0 aromatic heterocycles. The first-order chi connectivity index (χ1) is 19.6. The number of amides is 1. The van der Waals surface area contributed by atoms with Crippen molar-refractivity contribution in [3.63, 3.8) is 0 Å². The van der Waals surface area contributed by atoms with Crippen LogP contribution >= 0.6 is 11.6 Å². The molecule has 1 amide bonds. The molecule has 4 rings (SSSR count). The summed E-state index contributed by atoms with van der Waals surface area (Å²) in [6.45, 7) is -0.376. The van der Waals surface area contributed by atoms with E-state index in [4.69, 9.17) is 22.2 Å². The summed E-state index contributed by atoms with van der Waals surface area (Å²) in [6.07, 6.45) is -8.09. The van der Waals surface area contributed by atoms with Gasteiger partial charge in [-0.1, -0.05) is 42.0 Å². The Hall–Kier alpha value is -3.75. The van der Waals surface area contributed by atoms with Crippen molar-refractivity contribution >= 4 is 45.4 Å². The lowest BCUT2D eigenvalue weighted by Gasteiger charge is -2.35. The number of carbonyl (C=O) groups is 1. The second-order valence-electron chi connectivity index (χ2n) is 9.17. The molecule has 1 aliphatic rings. The van der Waals surface area contributed by atoms with E-state index in [-0.39, 0.29) is 47.0 Å². The Balaban J connectivity index is 1.77. The number of nitrogens with two attached hydrogens (primary N) is 1. The molecule has 0 bridgehead atoms. The molecule has 0 unspecified atom stereocenters. The number of hydrazine groups is 1. The third-order valence-electron chi connectivity index (χ3n) is 6.32. The third-order valence-corrected chi connectivity index (χ3v) is 8.42. The number of ether oxygens (including phenoxy) is 1. The van der Waals surface area contributed by atoms with Crippen LogP contribution in [-0.4, -0.2) is 27.0 Å². The smallest absolute Gasteiger partial charge is 0.417 e. The van der Waals surface area contributed by atoms with Gasteiger partial charge in [0.05, 0.1) is 28.3 Å². The molecule has 1 aliphatic heterocycles. The second-order valence-corrected chi connectivity index (χ2v) is 11.4. The largest absolute Gasteiger partial charge is 0.486 e. The van der Waals surface area contributed by atoms with Gasteiger partial charge in [0.15, 0.2) is 0 Å². The fourth-order valence-electron chi connectivity index (χ4n) is 4.27. The van der Waals surface area contributed by atoms with E-state index in [0.717, 1.165) is 40.7 Å². The Bertz CT molecular complexity index is 1630. The molecule has 0 aliphatic carbocycles. The molecule has 3 aromatic rings. The lowest BCUT2D eigenvalue weighted by atomic mass is 10.0. The number of halogens is 7. The first-order valence-electron chi connectivity index (χ1n) is 12.1. The molecule has 0 saturated heterocycles. The van der Waals surface area contributed by atoms with E-state index >= 15 is 0 Å². The maximum atomic E-state index is 13.7. The number of anilines is 1. The SMILES string of the molecule is NNC(=O)CC[C@H]1CN(S(=O)(=O)c2cccc(C(F)(F)F)c2)c2cc(/C=C/c3c(Cl)cccc3C(F)(F)F)ccc2O1. The zero-order valence-electron chi connectivity index (χ0n) is 21.3. The summed E-state index contributed by atoms with van der Waals surface area (Å²) in [5, 5.41) is -0.166. The molecule has 224 valence electrons. The van der Waals surface area contributed by atoms with Crippen LogP contribution in [0.3, 0.4) is 0 Å². The number of nitrogens with one attached hydrogen (secondary N) is 1. The van der Waals surface area contributed by atoms with E-state index in [0.29, 0.717) is 6.07 Å². The van der Waals surface area contributed by atoms with Gasteiger partial charge in [0.2, 0.25) is 5.91 Å². The maximum Gasteiger partial charge on any atom is 0.417 e. The normalized spacial score (nSPS) is 15.8. The summed E-state index contributed by atoms with van der Waals surface area (Å²) >= 11 is 6.02. The first kappa shape index (κ1) is 31.2. The minimum atomic E-state index is -4.81. The monoisotopic (exact) mass is 633 g/mol. The van der Waals surface area contributed by atoms with Gasteiger partial charge in [-0.15, -0.1) is 0 Å². The van der Waals surface area contributed by atoms with Crippen molar-refractivity contribution in [1.29, 1.82) is 0 Å². The summed E-state index contributed by atoms with van der Waals surface area (Å²) in [4.78, 5) is 11.0. The minimum Gasteiger partial charge on any atom is -0.486 e. The van der Waals surface area contributed by atoms with Gasteiger partial charge < -0.3 is 4.74 Å². The summed E-state index contributed by atoms with van der Waals surface area (Å²) < 4.78 is 115. The van der Waals surface area contributed by atoms with Crippen LogP contribution in [0.5, 0.6) is 5.75 Å². The van der Waals surface area contributed by atoms with Crippen molar-refractivity contribution < 1.29 is 44.3 Å². The Kier molecular flexibility index (Phi) is 8.81. The van der Waals surface area contributed by atoms with Crippen molar-refractivity contribution in [2.75, 3.05) is 10.8 Å². The lowest BCUT2D eigenvalue weighted by Crippen LogP contribution is -2.44. The van der Waals surface area contributed by atoms with Crippen LogP contribution in [0.15, 0.2) is 65.6 Å². The number of hydrogen-bond donors (Lipinski definition) is 2. The Morgan fingerprint density at radius 3 is 2.40 bits per heavy atom. The molecule has 1 heterocycles. The number of benzene rings is 3. The van der Waals surface area contributed by atoms with E-state index in [9.17, 15) is 39.6 Å². The number of rotatable bonds is 7. The highest BCUT2D eigenvalue weighted by Gasteiger charge is 2.37. The standard InChI is InChI=1S/C27H22ClF6N3O4S/c28-22-6-2-5-21(27(32,33)34)20(22)10-7-16-8-11-24-23(13-16)37(15-18(41-24)9-12-25(38)36-35)42(39,40)19-4-1-3-17(14-19)26(29,30)31/h1-8,10-11,13-14,18H,9,12,15,35H2,(H,36,38)/b10-7+/t18-/m0/s1. The third kappa shape index (κ3) is 6.82. The zero-order chi connectivity index (χ0) is 30.9. The van der Waals surface area contributed by atoms with Crippen LogP contribution in [-0.2, 0) is 27.2 Å². The van der Waals surface area contributed by atoms with Gasteiger partial charge in [0, 0.05) is 17.0 Å². The Labute approximate surface area is 241 Å². The summed E-state index contributed by atoms with van der Waals surface area (Å²) in [5.41, 5.74) is -0.346. The summed E-state index contributed by atoms with van der Waals surface area (Å²) in [6, 6.07) is 10.6. The summed E-state index contributed by atoms with van der Waals surface area (Å²) in [7, 11) is -4.62. The van der Waals surface area contributed by atoms with Crippen molar-refractivity contribution in [1.82, 2.24) is 5.43 Å². The molecule has 0 saturated carbocycles. The summed E-state index contributed by atoms with van der Waals surface area (Å²) in [5.74, 6) is 4.58. The quantitative estimate of drug-likeness (QED) is 0.105. The zero-order valence-corrected chi connectivity index (χ0v) is 22.9. The van der Waals surface area contributed by atoms with Crippen molar-refractivity contribution in [2.45, 2.75) is 36.2 Å². The number of carbonyl (C=O) groups excluding carboxylic acids is 1. The molecular formula is C27H22ClF6N3O4S. The molecule has 42 heavy (non-hydrogen) atoms. The average Bonchev–Trinajstić information content (AvgIpc) is 2.93. The Morgan fingerprint density at radius 1 is 1.02 bits per heavy atom. The van der Waals surface area contributed by atoms with Gasteiger partial charge >= 0.3 is 12.4 Å². The highest BCUT2D eigenvalue weighted by molar-refractivity contribution is 7.92. The van der Waals surface area contributed by atoms with Gasteiger partial charge in [-0.05, 0) is 54.4 Å². The van der Waals surface area contributed by atoms with Crippen LogP contribution in [0.2, 0.25) is 5.02 Å². The number of sulfonamides is 1. The average molecular weight is 634 g/mol. The van der Waals surface area contributed by atoms with Crippen LogP contribution in [0.1, 0.15) is 35.1 Å². The predicted octanol–water partition coefficient (Wildman–Crippen LogP) is 6.27. The molecule has 0 radical (unpaired) electrons. The van der Waals surface area contributed by atoms with E-state index in [2.05, 4.69) is 0 Å². The number of alkyl halides is 6. The van der Waals surface area contributed by atoms with Gasteiger partial charge in [0.25, 0.3) is 10.0 Å². The van der Waals surface area contributed by atoms with E-state index in [1.165, 1.54) is 30.3 Å². The second kappa shape index (κ2) is 11.9. The van der Waals surface area contributed by atoms with Crippen LogP contribution in [0.4, 0.5) is 32.0 Å².